The molecule has 1 fully saturated rings. The SMILES string of the molecule is Cc1cc(N)c2ccccc2c1Oc1ncccc1-c1ccnc(N[C@H]2C[C@H](F)CN(C(=O)OC(C)(C)C)C2)n1. The van der Waals surface area contributed by atoms with Crippen LogP contribution in [0.25, 0.3) is 22.0 Å². The third-order valence-electron chi connectivity index (χ3n) is 6.50. The normalized spacial score (nSPS) is 17.5. The molecule has 0 spiro atoms. The number of nitrogen functional groups attached to an aromatic ring is 1. The van der Waals surface area contributed by atoms with Crippen molar-refractivity contribution in [3.05, 3.63) is 66.5 Å². The van der Waals surface area contributed by atoms with E-state index >= 15 is 0 Å². The highest BCUT2D eigenvalue weighted by atomic mass is 19.1. The zero-order chi connectivity index (χ0) is 28.4. The molecule has 9 nitrogen and oxygen atoms in total. The molecule has 1 aliphatic heterocycles. The minimum absolute atomic E-state index is 0.0103. The highest BCUT2D eigenvalue weighted by Gasteiger charge is 2.33. The molecule has 0 radical (unpaired) electrons. The number of ether oxygens (including phenoxy) is 2. The molecule has 208 valence electrons. The number of benzene rings is 2. The predicted molar refractivity (Wildman–Crippen MR) is 153 cm³/mol. The molecule has 1 saturated heterocycles. The van der Waals surface area contributed by atoms with Gasteiger partial charge < -0.3 is 25.4 Å². The van der Waals surface area contributed by atoms with Crippen molar-refractivity contribution in [3.63, 3.8) is 0 Å². The van der Waals surface area contributed by atoms with E-state index in [1.54, 1.807) is 45.3 Å². The van der Waals surface area contributed by atoms with E-state index in [2.05, 4.69) is 20.3 Å². The Hall–Kier alpha value is -4.47. The number of carbonyl (C=O) groups excluding carboxylic acids is 1. The highest BCUT2D eigenvalue weighted by molar-refractivity contribution is 5.98. The molecule has 2 aromatic heterocycles. The molecule has 1 aliphatic rings. The first kappa shape index (κ1) is 27.1. The van der Waals surface area contributed by atoms with E-state index in [0.29, 0.717) is 34.5 Å². The van der Waals surface area contributed by atoms with Gasteiger partial charge in [-0.1, -0.05) is 24.3 Å². The smallest absolute Gasteiger partial charge is 0.410 e. The average Bonchev–Trinajstić information content (AvgIpc) is 2.90. The molecule has 10 heteroatoms. The molecule has 0 aliphatic carbocycles. The Morgan fingerprint density at radius 3 is 2.62 bits per heavy atom. The van der Waals surface area contributed by atoms with Crippen LogP contribution in [0.15, 0.2) is 60.9 Å². The molecular weight excluding hydrogens is 511 g/mol. The summed E-state index contributed by atoms with van der Waals surface area (Å²) in [6, 6.07) is 14.7. The number of halogens is 1. The second-order valence-electron chi connectivity index (χ2n) is 10.9. The molecular formula is C30H33FN6O3. The Bertz CT molecular complexity index is 1540. The van der Waals surface area contributed by atoms with E-state index in [1.807, 2.05) is 43.3 Å². The molecule has 0 bridgehead atoms. The third-order valence-corrected chi connectivity index (χ3v) is 6.50. The maximum Gasteiger partial charge on any atom is 0.410 e. The van der Waals surface area contributed by atoms with Crippen LogP contribution in [-0.4, -0.2) is 56.8 Å². The Morgan fingerprint density at radius 1 is 1.07 bits per heavy atom. The van der Waals surface area contributed by atoms with Gasteiger partial charge in [-0.3, -0.25) is 0 Å². The van der Waals surface area contributed by atoms with E-state index < -0.39 is 17.9 Å². The Kier molecular flexibility index (Phi) is 7.42. The minimum atomic E-state index is -1.20. The Morgan fingerprint density at radius 2 is 1.85 bits per heavy atom. The number of hydrogen-bond donors (Lipinski definition) is 2. The van der Waals surface area contributed by atoms with Crippen LogP contribution in [0.3, 0.4) is 0 Å². The van der Waals surface area contributed by atoms with Gasteiger partial charge in [0, 0.05) is 47.9 Å². The van der Waals surface area contributed by atoms with Gasteiger partial charge in [-0.05, 0) is 57.5 Å². The number of aromatic nitrogens is 3. The lowest BCUT2D eigenvalue weighted by Gasteiger charge is -2.36. The van der Waals surface area contributed by atoms with Gasteiger partial charge in [-0.2, -0.15) is 0 Å². The van der Waals surface area contributed by atoms with Crippen LogP contribution in [0, 0.1) is 6.92 Å². The number of likely N-dealkylation sites (tertiary alicyclic amines) is 1. The zero-order valence-electron chi connectivity index (χ0n) is 23.0. The van der Waals surface area contributed by atoms with Gasteiger partial charge in [0.1, 0.15) is 17.5 Å². The first-order valence-corrected chi connectivity index (χ1v) is 13.2. The lowest BCUT2D eigenvalue weighted by molar-refractivity contribution is 0.0124. The fraction of sp³-hybridized carbons (Fsp3) is 0.333. The van der Waals surface area contributed by atoms with E-state index in [4.69, 9.17) is 15.2 Å². The number of aryl methyl sites for hydroxylation is 1. The standard InChI is InChI=1S/C30H33FN6O3/c1-18-14-24(32)21-8-5-6-9-22(21)26(18)39-27-23(10-7-12-33-27)25-11-13-34-28(36-25)35-20-15-19(31)16-37(17-20)29(38)40-30(2,3)4/h5-14,19-20H,15-17,32H2,1-4H3,(H,34,35,36)/t19-,20-/m0/s1. The Labute approximate surface area is 232 Å². The van der Waals surface area contributed by atoms with Crippen LogP contribution in [0.2, 0.25) is 0 Å². The van der Waals surface area contributed by atoms with Crippen molar-refractivity contribution in [2.75, 3.05) is 24.1 Å². The van der Waals surface area contributed by atoms with Crippen molar-refractivity contribution >= 4 is 28.5 Å². The first-order chi connectivity index (χ1) is 19.1. The molecule has 1 amide bonds. The number of rotatable bonds is 5. The molecule has 0 saturated carbocycles. The van der Waals surface area contributed by atoms with Gasteiger partial charge in [0.15, 0.2) is 0 Å². The topological polar surface area (TPSA) is 115 Å². The second kappa shape index (κ2) is 11.0. The summed E-state index contributed by atoms with van der Waals surface area (Å²) in [5.74, 6) is 1.35. The van der Waals surface area contributed by atoms with E-state index in [-0.39, 0.29) is 25.6 Å². The Balaban J connectivity index is 1.39. The fourth-order valence-electron chi connectivity index (χ4n) is 4.80. The van der Waals surface area contributed by atoms with E-state index in [9.17, 15) is 9.18 Å². The minimum Gasteiger partial charge on any atom is -0.444 e. The number of nitrogens with two attached hydrogens (primary N) is 1. The molecule has 3 heterocycles. The lowest BCUT2D eigenvalue weighted by Crippen LogP contribution is -2.51. The van der Waals surface area contributed by atoms with Crippen LogP contribution in [0.1, 0.15) is 32.8 Å². The summed E-state index contributed by atoms with van der Waals surface area (Å²) in [5.41, 5.74) is 8.38. The molecule has 0 unspecified atom stereocenters. The number of alkyl halides is 1. The van der Waals surface area contributed by atoms with Gasteiger partial charge in [0.2, 0.25) is 11.8 Å². The summed E-state index contributed by atoms with van der Waals surface area (Å²) in [6.07, 6.45) is 1.75. The van der Waals surface area contributed by atoms with Crippen molar-refractivity contribution in [1.29, 1.82) is 0 Å². The van der Waals surface area contributed by atoms with Crippen molar-refractivity contribution < 1.29 is 18.7 Å². The predicted octanol–water partition coefficient (Wildman–Crippen LogP) is 6.13. The number of nitrogens with zero attached hydrogens (tertiary/aromatic N) is 4. The lowest BCUT2D eigenvalue weighted by atomic mass is 10.0. The molecule has 2 atom stereocenters. The van der Waals surface area contributed by atoms with Gasteiger partial charge in [-0.25, -0.2) is 24.1 Å². The van der Waals surface area contributed by atoms with Crippen LogP contribution in [0.4, 0.5) is 20.8 Å². The molecule has 3 N–H and O–H groups in total. The number of nitrogens with one attached hydrogen (secondary N) is 1. The largest absolute Gasteiger partial charge is 0.444 e. The number of piperidine rings is 1. The van der Waals surface area contributed by atoms with Crippen molar-refractivity contribution in [3.8, 4) is 22.9 Å². The van der Waals surface area contributed by atoms with Crippen molar-refractivity contribution in [2.45, 2.75) is 51.9 Å². The van der Waals surface area contributed by atoms with E-state index in [1.165, 1.54) is 4.90 Å². The van der Waals surface area contributed by atoms with Crippen LogP contribution in [-0.2, 0) is 4.74 Å². The zero-order valence-corrected chi connectivity index (χ0v) is 23.0. The van der Waals surface area contributed by atoms with Crippen molar-refractivity contribution in [1.82, 2.24) is 19.9 Å². The number of anilines is 2. The summed E-state index contributed by atoms with van der Waals surface area (Å²) in [6.45, 7) is 7.55. The number of carbonyl (C=O) groups is 1. The number of amides is 1. The van der Waals surface area contributed by atoms with Crippen LogP contribution < -0.4 is 15.8 Å². The second-order valence-corrected chi connectivity index (χ2v) is 10.9. The monoisotopic (exact) mass is 544 g/mol. The van der Waals surface area contributed by atoms with Gasteiger partial charge in [-0.15, -0.1) is 0 Å². The summed E-state index contributed by atoms with van der Waals surface area (Å²) in [7, 11) is 0. The third kappa shape index (κ3) is 6.06. The van der Waals surface area contributed by atoms with E-state index in [0.717, 1.165) is 16.3 Å². The maximum absolute atomic E-state index is 14.6. The van der Waals surface area contributed by atoms with Crippen LogP contribution in [0.5, 0.6) is 11.6 Å². The molecule has 2 aromatic carbocycles. The molecule has 4 aromatic rings. The number of hydrogen-bond acceptors (Lipinski definition) is 8. The van der Waals surface area contributed by atoms with Gasteiger partial charge >= 0.3 is 6.09 Å². The maximum atomic E-state index is 14.6. The summed E-state index contributed by atoms with van der Waals surface area (Å²) >= 11 is 0. The van der Waals surface area contributed by atoms with Crippen LogP contribution >= 0.6 is 0 Å². The summed E-state index contributed by atoms with van der Waals surface area (Å²) in [5, 5.41) is 4.97. The highest BCUT2D eigenvalue weighted by Crippen LogP contribution is 2.38. The quantitative estimate of drug-likeness (QED) is 0.288. The van der Waals surface area contributed by atoms with Gasteiger partial charge in [0.25, 0.3) is 0 Å². The van der Waals surface area contributed by atoms with Gasteiger partial charge in [0.05, 0.1) is 17.8 Å². The number of pyridine rings is 1. The molecule has 5 rings (SSSR count). The summed E-state index contributed by atoms with van der Waals surface area (Å²) < 4.78 is 26.4. The summed E-state index contributed by atoms with van der Waals surface area (Å²) in [4.78, 5) is 27.4. The average molecular weight is 545 g/mol. The first-order valence-electron chi connectivity index (χ1n) is 13.2. The van der Waals surface area contributed by atoms with Crippen molar-refractivity contribution in [2.24, 2.45) is 0 Å². The fourth-order valence-corrected chi connectivity index (χ4v) is 4.80. The molecule has 40 heavy (non-hydrogen) atoms. The number of fused-ring (bicyclic) bond motifs is 1.